The van der Waals surface area contributed by atoms with Gasteiger partial charge in [0.05, 0.1) is 11.4 Å². The Morgan fingerprint density at radius 2 is 0.750 bits per heavy atom. The second kappa shape index (κ2) is 8.74. The summed E-state index contributed by atoms with van der Waals surface area (Å²) in [5.41, 5.74) is 6.40. The van der Waals surface area contributed by atoms with Crippen LogP contribution in [-0.2, 0) is 0 Å². The average molecular weight is 360 g/mol. The lowest BCUT2D eigenvalue weighted by Gasteiger charge is -2.03. The highest BCUT2D eigenvalue weighted by atomic mass is 14.7. The molecule has 0 saturated heterocycles. The summed E-state index contributed by atoms with van der Waals surface area (Å²) in [5, 5.41) is 0. The Morgan fingerprint density at radius 3 is 1.11 bits per heavy atom. The molecular weight excluding hydrogens is 340 g/mol. The molecule has 0 aliphatic rings. The van der Waals surface area contributed by atoms with Crippen LogP contribution in [-0.4, -0.2) is 12.4 Å². The number of hydrogen-bond acceptors (Lipinski definition) is 2. The van der Waals surface area contributed by atoms with Gasteiger partial charge in [0.2, 0.25) is 0 Å². The average Bonchev–Trinajstić information content (AvgIpc) is 2.78. The Bertz CT molecular complexity index is 972. The molecule has 28 heavy (non-hydrogen) atoms. The van der Waals surface area contributed by atoms with Gasteiger partial charge in [-0.3, -0.25) is 9.98 Å². The lowest BCUT2D eigenvalue weighted by molar-refractivity contribution is 1.50. The molecule has 4 aromatic rings. The number of aliphatic imine (C=N–C) groups is 2. The number of hydrogen-bond donors (Lipinski definition) is 0. The second-order valence-electron chi connectivity index (χ2n) is 6.43. The van der Waals surface area contributed by atoms with Crippen LogP contribution < -0.4 is 0 Å². The van der Waals surface area contributed by atoms with Crippen LogP contribution in [0.25, 0.3) is 11.1 Å². The molecule has 0 unspecified atom stereocenters. The summed E-state index contributed by atoms with van der Waals surface area (Å²) < 4.78 is 0. The van der Waals surface area contributed by atoms with Crippen LogP contribution >= 0.6 is 0 Å². The van der Waals surface area contributed by atoms with E-state index in [0.717, 1.165) is 33.6 Å². The van der Waals surface area contributed by atoms with Crippen LogP contribution in [0.4, 0.5) is 11.4 Å². The van der Waals surface area contributed by atoms with Crippen molar-refractivity contribution in [3.05, 3.63) is 120 Å². The number of nitrogens with zero attached hydrogens (tertiary/aromatic N) is 2. The van der Waals surface area contributed by atoms with Crippen molar-refractivity contribution in [2.24, 2.45) is 9.98 Å². The summed E-state index contributed by atoms with van der Waals surface area (Å²) in [6.45, 7) is 0. The largest absolute Gasteiger partial charge is 0.256 e. The van der Waals surface area contributed by atoms with Crippen molar-refractivity contribution in [1.82, 2.24) is 0 Å². The molecule has 0 spiro atoms. The van der Waals surface area contributed by atoms with Crippen LogP contribution in [0.5, 0.6) is 0 Å². The van der Waals surface area contributed by atoms with E-state index in [9.17, 15) is 0 Å². The maximum Gasteiger partial charge on any atom is 0.0630 e. The van der Waals surface area contributed by atoms with Gasteiger partial charge in [0.1, 0.15) is 0 Å². The van der Waals surface area contributed by atoms with Gasteiger partial charge in [-0.15, -0.1) is 0 Å². The molecule has 2 heteroatoms. The lowest BCUT2D eigenvalue weighted by Crippen LogP contribution is -1.80. The fourth-order valence-corrected chi connectivity index (χ4v) is 2.86. The summed E-state index contributed by atoms with van der Waals surface area (Å²) in [6.07, 6.45) is 3.77. The zero-order valence-electron chi connectivity index (χ0n) is 15.4. The number of rotatable bonds is 5. The molecule has 0 N–H and O–H groups in total. The summed E-state index contributed by atoms with van der Waals surface area (Å²) in [4.78, 5) is 9.07. The van der Waals surface area contributed by atoms with Crippen molar-refractivity contribution in [2.45, 2.75) is 0 Å². The Morgan fingerprint density at radius 1 is 0.393 bits per heavy atom. The van der Waals surface area contributed by atoms with Gasteiger partial charge in [-0.1, -0.05) is 84.9 Å². The van der Waals surface area contributed by atoms with Crippen molar-refractivity contribution >= 4 is 23.8 Å². The van der Waals surface area contributed by atoms with Gasteiger partial charge >= 0.3 is 0 Å². The SMILES string of the molecule is C(=Nc1ccc(-c2ccc(N=Cc3ccccc3)cc2)cc1)c1ccccc1. The van der Waals surface area contributed by atoms with E-state index in [0.29, 0.717) is 0 Å². The minimum absolute atomic E-state index is 0.941. The van der Waals surface area contributed by atoms with Gasteiger partial charge < -0.3 is 0 Å². The predicted octanol–water partition coefficient (Wildman–Crippen LogP) is 6.85. The van der Waals surface area contributed by atoms with Gasteiger partial charge in [0.25, 0.3) is 0 Å². The molecule has 0 fully saturated rings. The van der Waals surface area contributed by atoms with Gasteiger partial charge in [-0.05, 0) is 46.5 Å². The fraction of sp³-hybridized carbons (Fsp3) is 0. The highest BCUT2D eigenvalue weighted by molar-refractivity contribution is 5.83. The first-order chi connectivity index (χ1) is 13.9. The topological polar surface area (TPSA) is 24.7 Å². The van der Waals surface area contributed by atoms with E-state index in [1.807, 2.05) is 97.4 Å². The molecule has 2 nitrogen and oxygen atoms in total. The normalized spacial score (nSPS) is 11.3. The number of benzene rings is 4. The highest BCUT2D eigenvalue weighted by Crippen LogP contribution is 2.25. The molecule has 0 bridgehead atoms. The quantitative estimate of drug-likeness (QED) is 0.348. The minimum atomic E-state index is 0.941. The first-order valence-corrected chi connectivity index (χ1v) is 9.26. The maximum atomic E-state index is 4.53. The van der Waals surface area contributed by atoms with Gasteiger partial charge in [0, 0.05) is 12.4 Å². The van der Waals surface area contributed by atoms with Crippen molar-refractivity contribution in [3.8, 4) is 11.1 Å². The van der Waals surface area contributed by atoms with Crippen LogP contribution in [0.3, 0.4) is 0 Å². The molecule has 0 aromatic heterocycles. The van der Waals surface area contributed by atoms with E-state index < -0.39 is 0 Å². The van der Waals surface area contributed by atoms with Crippen molar-refractivity contribution in [3.63, 3.8) is 0 Å². The predicted molar refractivity (Wildman–Crippen MR) is 119 cm³/mol. The zero-order valence-corrected chi connectivity index (χ0v) is 15.4. The molecule has 0 radical (unpaired) electrons. The third-order valence-electron chi connectivity index (χ3n) is 4.39. The van der Waals surface area contributed by atoms with E-state index in [-0.39, 0.29) is 0 Å². The van der Waals surface area contributed by atoms with Gasteiger partial charge in [-0.25, -0.2) is 0 Å². The van der Waals surface area contributed by atoms with E-state index in [1.54, 1.807) is 0 Å². The monoisotopic (exact) mass is 360 g/mol. The van der Waals surface area contributed by atoms with Gasteiger partial charge in [-0.2, -0.15) is 0 Å². The lowest BCUT2D eigenvalue weighted by atomic mass is 10.1. The molecule has 0 atom stereocenters. The third-order valence-corrected chi connectivity index (χ3v) is 4.39. The Balaban J connectivity index is 1.44. The zero-order chi connectivity index (χ0) is 19.0. The Hall–Kier alpha value is -3.78. The van der Waals surface area contributed by atoms with Crippen LogP contribution in [0, 0.1) is 0 Å². The third kappa shape index (κ3) is 4.68. The Kier molecular flexibility index (Phi) is 5.50. The minimum Gasteiger partial charge on any atom is -0.256 e. The molecule has 0 aliphatic carbocycles. The van der Waals surface area contributed by atoms with Crippen LogP contribution in [0.1, 0.15) is 11.1 Å². The molecule has 0 saturated carbocycles. The molecule has 4 rings (SSSR count). The van der Waals surface area contributed by atoms with Crippen LogP contribution in [0.15, 0.2) is 119 Å². The second-order valence-corrected chi connectivity index (χ2v) is 6.43. The standard InChI is InChI=1S/C26H20N2/c1-3-7-21(8-4-1)19-27-25-15-11-23(12-16-25)24-13-17-26(18-14-24)28-20-22-9-5-2-6-10-22/h1-20H. The summed E-state index contributed by atoms with van der Waals surface area (Å²) >= 11 is 0. The Labute approximate surface area is 165 Å². The first kappa shape index (κ1) is 17.6. The van der Waals surface area contributed by atoms with Crippen molar-refractivity contribution < 1.29 is 0 Å². The van der Waals surface area contributed by atoms with E-state index >= 15 is 0 Å². The van der Waals surface area contributed by atoms with E-state index in [2.05, 4.69) is 34.3 Å². The highest BCUT2D eigenvalue weighted by Gasteiger charge is 1.98. The molecular formula is C26H20N2. The summed E-state index contributed by atoms with van der Waals surface area (Å²) in [7, 11) is 0. The van der Waals surface area contributed by atoms with Crippen molar-refractivity contribution in [1.29, 1.82) is 0 Å². The summed E-state index contributed by atoms with van der Waals surface area (Å²) in [5.74, 6) is 0. The van der Waals surface area contributed by atoms with Crippen LogP contribution in [0.2, 0.25) is 0 Å². The molecule has 0 amide bonds. The molecule has 134 valence electrons. The smallest absolute Gasteiger partial charge is 0.0630 e. The fourth-order valence-electron chi connectivity index (χ4n) is 2.86. The maximum absolute atomic E-state index is 4.53. The first-order valence-electron chi connectivity index (χ1n) is 9.26. The van der Waals surface area contributed by atoms with E-state index in [4.69, 9.17) is 0 Å². The molecule has 0 heterocycles. The van der Waals surface area contributed by atoms with E-state index in [1.165, 1.54) is 0 Å². The van der Waals surface area contributed by atoms with Crippen molar-refractivity contribution in [2.75, 3.05) is 0 Å². The summed E-state index contributed by atoms with van der Waals surface area (Å²) in [6, 6.07) is 36.8. The van der Waals surface area contributed by atoms with Gasteiger partial charge in [0.15, 0.2) is 0 Å². The molecule has 4 aromatic carbocycles. The molecule has 0 aliphatic heterocycles.